The Morgan fingerprint density at radius 3 is 2.33 bits per heavy atom. The lowest BCUT2D eigenvalue weighted by Crippen LogP contribution is -2.44. The summed E-state index contributed by atoms with van der Waals surface area (Å²) in [4.78, 5) is 23.1. The van der Waals surface area contributed by atoms with Crippen LogP contribution in [0.25, 0.3) is 0 Å². The Balaban J connectivity index is 2.47. The lowest BCUT2D eigenvalue weighted by atomic mass is 10.1. The van der Waals surface area contributed by atoms with Crippen LogP contribution in [0.5, 0.6) is 0 Å². The van der Waals surface area contributed by atoms with Gasteiger partial charge in [0.1, 0.15) is 6.04 Å². The number of carboxylic acids is 1. The summed E-state index contributed by atoms with van der Waals surface area (Å²) < 4.78 is 0. The van der Waals surface area contributed by atoms with Gasteiger partial charge >= 0.3 is 5.97 Å². The molecule has 21 heavy (non-hydrogen) atoms. The highest BCUT2D eigenvalue weighted by Gasteiger charge is 2.20. The fraction of sp³-hybridized carbons (Fsp3) is 0.500. The van der Waals surface area contributed by atoms with Gasteiger partial charge in [0.05, 0.1) is 0 Å². The van der Waals surface area contributed by atoms with Crippen LogP contribution in [0.2, 0.25) is 0 Å². The molecule has 0 aliphatic heterocycles. The number of benzene rings is 1. The summed E-state index contributed by atoms with van der Waals surface area (Å²) >= 11 is 0. The Bertz CT molecular complexity index is 466. The molecule has 1 amide bonds. The molecule has 0 heterocycles. The van der Waals surface area contributed by atoms with Gasteiger partial charge in [0, 0.05) is 24.9 Å². The first kappa shape index (κ1) is 17.2. The number of carbonyl (C=O) groups is 2. The first-order valence-corrected chi connectivity index (χ1v) is 7.09. The molecule has 0 saturated carbocycles. The average Bonchev–Trinajstić information content (AvgIpc) is 2.37. The van der Waals surface area contributed by atoms with Crippen molar-refractivity contribution in [2.75, 3.05) is 6.54 Å². The first-order chi connectivity index (χ1) is 9.78. The maximum absolute atomic E-state index is 11.8. The van der Waals surface area contributed by atoms with Crippen LogP contribution >= 0.6 is 0 Å². The molecule has 0 unspecified atom stereocenters. The van der Waals surface area contributed by atoms with Crippen LogP contribution in [0.4, 0.5) is 0 Å². The summed E-state index contributed by atoms with van der Waals surface area (Å²) in [6.45, 7) is 6.56. The number of aliphatic carboxylic acids is 1. The second kappa shape index (κ2) is 7.78. The zero-order valence-corrected chi connectivity index (χ0v) is 12.8. The van der Waals surface area contributed by atoms with E-state index in [9.17, 15) is 14.7 Å². The lowest BCUT2D eigenvalue weighted by Gasteiger charge is -2.20. The van der Waals surface area contributed by atoms with Gasteiger partial charge < -0.3 is 15.7 Å². The monoisotopic (exact) mass is 292 g/mol. The molecule has 0 aliphatic carbocycles. The number of carboxylic acid groups (broad SMARTS) is 1. The molecule has 1 atom stereocenters. The van der Waals surface area contributed by atoms with E-state index in [0.717, 1.165) is 5.56 Å². The van der Waals surface area contributed by atoms with Crippen LogP contribution in [0, 0.1) is 0 Å². The normalized spacial score (nSPS) is 12.7. The molecule has 0 fully saturated rings. The SMILES string of the molecule is CC(C)(C)NCCC(=O)N[C@H](Cc1ccccc1)C(=O)O. The van der Waals surface area contributed by atoms with Gasteiger partial charge in [0.15, 0.2) is 0 Å². The van der Waals surface area contributed by atoms with Gasteiger partial charge in [-0.15, -0.1) is 0 Å². The van der Waals surface area contributed by atoms with Crippen LogP contribution < -0.4 is 10.6 Å². The van der Waals surface area contributed by atoms with Crippen molar-refractivity contribution < 1.29 is 14.7 Å². The summed E-state index contributed by atoms with van der Waals surface area (Å²) in [7, 11) is 0. The van der Waals surface area contributed by atoms with Crippen LogP contribution in [0.15, 0.2) is 30.3 Å². The maximum Gasteiger partial charge on any atom is 0.326 e. The smallest absolute Gasteiger partial charge is 0.326 e. The van der Waals surface area contributed by atoms with E-state index in [1.807, 2.05) is 51.1 Å². The van der Waals surface area contributed by atoms with Gasteiger partial charge in [0.25, 0.3) is 0 Å². The van der Waals surface area contributed by atoms with Crippen molar-refractivity contribution in [2.24, 2.45) is 0 Å². The molecule has 3 N–H and O–H groups in total. The summed E-state index contributed by atoms with van der Waals surface area (Å²) in [6, 6.07) is 8.38. The molecular formula is C16H24N2O3. The van der Waals surface area contributed by atoms with Crippen molar-refractivity contribution in [2.45, 2.75) is 45.2 Å². The molecule has 1 rings (SSSR count). The minimum Gasteiger partial charge on any atom is -0.480 e. The van der Waals surface area contributed by atoms with E-state index in [1.54, 1.807) is 0 Å². The lowest BCUT2D eigenvalue weighted by molar-refractivity contribution is -0.141. The van der Waals surface area contributed by atoms with Gasteiger partial charge in [-0.3, -0.25) is 4.79 Å². The summed E-state index contributed by atoms with van der Waals surface area (Å²) in [6.07, 6.45) is 0.546. The number of carbonyl (C=O) groups excluding carboxylic acids is 1. The number of amides is 1. The van der Waals surface area contributed by atoms with Crippen molar-refractivity contribution in [1.82, 2.24) is 10.6 Å². The second-order valence-electron chi connectivity index (χ2n) is 6.07. The van der Waals surface area contributed by atoms with Crippen molar-refractivity contribution in [3.05, 3.63) is 35.9 Å². The first-order valence-electron chi connectivity index (χ1n) is 7.09. The van der Waals surface area contributed by atoms with Crippen molar-refractivity contribution >= 4 is 11.9 Å². The quantitative estimate of drug-likeness (QED) is 0.713. The van der Waals surface area contributed by atoms with E-state index in [4.69, 9.17) is 0 Å². The number of hydrogen-bond donors (Lipinski definition) is 3. The summed E-state index contributed by atoms with van der Waals surface area (Å²) in [5, 5.41) is 15.0. The maximum atomic E-state index is 11.8. The topological polar surface area (TPSA) is 78.4 Å². The molecule has 5 nitrogen and oxygen atoms in total. The molecule has 0 spiro atoms. The Morgan fingerprint density at radius 1 is 1.19 bits per heavy atom. The molecule has 0 aliphatic rings. The molecular weight excluding hydrogens is 268 g/mol. The summed E-state index contributed by atoms with van der Waals surface area (Å²) in [5.74, 6) is -1.27. The minimum atomic E-state index is -1.02. The molecule has 5 heteroatoms. The third kappa shape index (κ3) is 7.46. The van der Waals surface area contributed by atoms with E-state index in [2.05, 4.69) is 10.6 Å². The van der Waals surface area contributed by atoms with Crippen LogP contribution in [-0.2, 0) is 16.0 Å². The van der Waals surface area contributed by atoms with E-state index < -0.39 is 12.0 Å². The van der Waals surface area contributed by atoms with Crippen molar-refractivity contribution in [1.29, 1.82) is 0 Å². The highest BCUT2D eigenvalue weighted by Crippen LogP contribution is 2.04. The van der Waals surface area contributed by atoms with E-state index in [0.29, 0.717) is 6.54 Å². The Labute approximate surface area is 125 Å². The largest absolute Gasteiger partial charge is 0.480 e. The van der Waals surface area contributed by atoms with Gasteiger partial charge in [-0.05, 0) is 26.3 Å². The van der Waals surface area contributed by atoms with E-state index in [-0.39, 0.29) is 24.3 Å². The van der Waals surface area contributed by atoms with Crippen LogP contribution in [0.1, 0.15) is 32.8 Å². The number of nitrogens with one attached hydrogen (secondary N) is 2. The predicted molar refractivity (Wildman–Crippen MR) is 82.1 cm³/mol. The van der Waals surface area contributed by atoms with E-state index in [1.165, 1.54) is 0 Å². The van der Waals surface area contributed by atoms with Gasteiger partial charge in [-0.25, -0.2) is 4.79 Å². The molecule has 1 aromatic carbocycles. The Morgan fingerprint density at radius 2 is 1.81 bits per heavy atom. The third-order valence-corrected chi connectivity index (χ3v) is 2.92. The Kier molecular flexibility index (Phi) is 6.37. The highest BCUT2D eigenvalue weighted by molar-refractivity contribution is 5.83. The van der Waals surface area contributed by atoms with Gasteiger partial charge in [0.2, 0.25) is 5.91 Å². The number of rotatable bonds is 7. The Hall–Kier alpha value is -1.88. The fourth-order valence-electron chi connectivity index (χ4n) is 1.87. The molecule has 116 valence electrons. The van der Waals surface area contributed by atoms with Crippen LogP contribution in [0.3, 0.4) is 0 Å². The van der Waals surface area contributed by atoms with Gasteiger partial charge in [-0.1, -0.05) is 30.3 Å². The molecule has 0 saturated heterocycles. The third-order valence-electron chi connectivity index (χ3n) is 2.92. The minimum absolute atomic E-state index is 0.0590. The molecule has 0 bridgehead atoms. The highest BCUT2D eigenvalue weighted by atomic mass is 16.4. The van der Waals surface area contributed by atoms with Crippen molar-refractivity contribution in [3.8, 4) is 0 Å². The van der Waals surface area contributed by atoms with Crippen LogP contribution in [-0.4, -0.2) is 35.1 Å². The fourth-order valence-corrected chi connectivity index (χ4v) is 1.87. The zero-order chi connectivity index (χ0) is 15.9. The standard InChI is InChI=1S/C16H24N2O3/c1-16(2,3)17-10-9-14(19)18-13(15(20)21)11-12-7-5-4-6-8-12/h4-8,13,17H,9-11H2,1-3H3,(H,18,19)(H,20,21)/t13-/m1/s1. The predicted octanol–water partition coefficient (Wildman–Crippen LogP) is 1.58. The van der Waals surface area contributed by atoms with E-state index >= 15 is 0 Å². The van der Waals surface area contributed by atoms with Crippen molar-refractivity contribution in [3.63, 3.8) is 0 Å². The molecule has 0 aromatic heterocycles. The molecule has 0 radical (unpaired) electrons. The second-order valence-corrected chi connectivity index (χ2v) is 6.07. The van der Waals surface area contributed by atoms with Gasteiger partial charge in [-0.2, -0.15) is 0 Å². The number of hydrogen-bond acceptors (Lipinski definition) is 3. The summed E-state index contributed by atoms with van der Waals surface area (Å²) in [5.41, 5.74) is 0.828. The molecule has 1 aromatic rings. The zero-order valence-electron chi connectivity index (χ0n) is 12.8. The average molecular weight is 292 g/mol.